The van der Waals surface area contributed by atoms with Crippen molar-refractivity contribution < 1.29 is 14.6 Å². The highest BCUT2D eigenvalue weighted by Crippen LogP contribution is 2.38. The molecule has 0 saturated carbocycles. The second kappa shape index (κ2) is 4.61. The van der Waals surface area contributed by atoms with Gasteiger partial charge in [-0.2, -0.15) is 0 Å². The maximum Gasteiger partial charge on any atom is 0.184 e. The third kappa shape index (κ3) is 2.36. The van der Waals surface area contributed by atoms with Gasteiger partial charge in [0.15, 0.2) is 6.29 Å². The zero-order chi connectivity index (χ0) is 11.8. The molecule has 2 heterocycles. The molecule has 1 unspecified atom stereocenters. The van der Waals surface area contributed by atoms with Crippen molar-refractivity contribution in [2.75, 3.05) is 6.61 Å². The SMILES string of the molecule is Cc1ccc(S[C@H]2CC(O)[C@@H]3OC[C@H]2O3)cc1. The lowest BCUT2D eigenvalue weighted by molar-refractivity contribution is -0.150. The van der Waals surface area contributed by atoms with Crippen molar-refractivity contribution in [3.63, 3.8) is 0 Å². The molecule has 1 N–H and O–H groups in total. The largest absolute Gasteiger partial charge is 0.388 e. The van der Waals surface area contributed by atoms with E-state index < -0.39 is 12.4 Å². The summed E-state index contributed by atoms with van der Waals surface area (Å²) < 4.78 is 11.0. The van der Waals surface area contributed by atoms with Crippen LogP contribution in [0.5, 0.6) is 0 Å². The van der Waals surface area contributed by atoms with Crippen LogP contribution >= 0.6 is 11.8 Å². The molecule has 2 saturated heterocycles. The Hall–Kier alpha value is -0.550. The molecule has 2 fully saturated rings. The van der Waals surface area contributed by atoms with Crippen LogP contribution in [0.2, 0.25) is 0 Å². The summed E-state index contributed by atoms with van der Waals surface area (Å²) in [5, 5.41) is 10.1. The number of ether oxygens (including phenoxy) is 2. The van der Waals surface area contributed by atoms with E-state index in [1.165, 1.54) is 10.5 Å². The molecule has 3 nitrogen and oxygen atoms in total. The average molecular weight is 252 g/mol. The molecule has 3 rings (SSSR count). The van der Waals surface area contributed by atoms with Gasteiger partial charge in [0, 0.05) is 10.1 Å². The second-order valence-electron chi connectivity index (χ2n) is 4.65. The van der Waals surface area contributed by atoms with Gasteiger partial charge < -0.3 is 14.6 Å². The number of hydrogen-bond acceptors (Lipinski definition) is 4. The van der Waals surface area contributed by atoms with E-state index in [0.29, 0.717) is 6.61 Å². The van der Waals surface area contributed by atoms with Crippen LogP contribution in [0.3, 0.4) is 0 Å². The van der Waals surface area contributed by atoms with Crippen molar-refractivity contribution in [3.05, 3.63) is 29.8 Å². The summed E-state index contributed by atoms with van der Waals surface area (Å²) in [7, 11) is 0. The predicted molar refractivity (Wildman–Crippen MR) is 66.1 cm³/mol. The summed E-state index contributed by atoms with van der Waals surface area (Å²) in [6.07, 6.45) is -0.0188. The lowest BCUT2D eigenvalue weighted by atomic mass is 10.1. The van der Waals surface area contributed by atoms with Crippen molar-refractivity contribution in [1.29, 1.82) is 0 Å². The number of fused-ring (bicyclic) bond motifs is 2. The van der Waals surface area contributed by atoms with Gasteiger partial charge in [-0.05, 0) is 25.5 Å². The minimum atomic E-state index is -0.489. The molecular formula is C13H16O3S. The molecule has 2 bridgehead atoms. The van der Waals surface area contributed by atoms with E-state index in [1.54, 1.807) is 11.8 Å². The topological polar surface area (TPSA) is 38.7 Å². The fraction of sp³-hybridized carbons (Fsp3) is 0.538. The Balaban J connectivity index is 1.70. The van der Waals surface area contributed by atoms with Gasteiger partial charge in [-0.25, -0.2) is 0 Å². The summed E-state index contributed by atoms with van der Waals surface area (Å²) in [6.45, 7) is 2.68. The smallest absolute Gasteiger partial charge is 0.184 e. The van der Waals surface area contributed by atoms with E-state index >= 15 is 0 Å². The maximum absolute atomic E-state index is 9.82. The summed E-state index contributed by atoms with van der Waals surface area (Å²) in [5.41, 5.74) is 1.26. The first-order valence-corrected chi connectivity index (χ1v) is 6.79. The van der Waals surface area contributed by atoms with Crippen LogP contribution < -0.4 is 0 Å². The molecular weight excluding hydrogens is 236 g/mol. The van der Waals surface area contributed by atoms with Gasteiger partial charge in [-0.3, -0.25) is 0 Å². The van der Waals surface area contributed by atoms with E-state index in [-0.39, 0.29) is 11.4 Å². The minimum absolute atomic E-state index is 0.120. The van der Waals surface area contributed by atoms with Crippen LogP contribution in [0.1, 0.15) is 12.0 Å². The summed E-state index contributed by atoms with van der Waals surface area (Å²) in [4.78, 5) is 1.22. The number of aliphatic hydroxyl groups is 1. The maximum atomic E-state index is 9.82. The molecule has 0 aliphatic carbocycles. The van der Waals surface area contributed by atoms with Gasteiger partial charge in [0.05, 0.1) is 12.7 Å². The number of aryl methyl sites for hydroxylation is 1. The molecule has 4 heteroatoms. The normalized spacial score (nSPS) is 36.1. The van der Waals surface area contributed by atoms with E-state index in [9.17, 15) is 5.11 Å². The molecule has 0 radical (unpaired) electrons. The molecule has 2 aliphatic heterocycles. The highest BCUT2D eigenvalue weighted by Gasteiger charge is 2.43. The summed E-state index contributed by atoms with van der Waals surface area (Å²) >= 11 is 1.77. The Bertz CT molecular complexity index is 392. The number of benzene rings is 1. The molecule has 2 aliphatic rings. The van der Waals surface area contributed by atoms with Gasteiger partial charge in [-0.15, -0.1) is 11.8 Å². The Morgan fingerprint density at radius 1 is 1.29 bits per heavy atom. The van der Waals surface area contributed by atoms with Crippen molar-refractivity contribution >= 4 is 11.8 Å². The van der Waals surface area contributed by atoms with Gasteiger partial charge in [-0.1, -0.05) is 17.7 Å². The molecule has 4 atom stereocenters. The molecule has 92 valence electrons. The van der Waals surface area contributed by atoms with Gasteiger partial charge >= 0.3 is 0 Å². The van der Waals surface area contributed by atoms with E-state index in [4.69, 9.17) is 9.47 Å². The third-order valence-corrected chi connectivity index (χ3v) is 4.59. The Kier molecular flexibility index (Phi) is 3.13. The fourth-order valence-electron chi connectivity index (χ4n) is 2.25. The Morgan fingerprint density at radius 2 is 2.06 bits per heavy atom. The Labute approximate surface area is 105 Å². The molecule has 1 aromatic rings. The lowest BCUT2D eigenvalue weighted by Crippen LogP contribution is -2.40. The lowest BCUT2D eigenvalue weighted by Gasteiger charge is -2.30. The van der Waals surface area contributed by atoms with Crippen LogP contribution in [-0.4, -0.2) is 35.5 Å². The van der Waals surface area contributed by atoms with Crippen LogP contribution in [0.4, 0.5) is 0 Å². The van der Waals surface area contributed by atoms with E-state index in [1.807, 2.05) is 0 Å². The highest BCUT2D eigenvalue weighted by atomic mass is 32.2. The first-order chi connectivity index (χ1) is 8.22. The summed E-state index contributed by atoms with van der Waals surface area (Å²) in [6, 6.07) is 8.45. The number of thioether (sulfide) groups is 1. The summed E-state index contributed by atoms with van der Waals surface area (Å²) in [5.74, 6) is 0. The van der Waals surface area contributed by atoms with Crippen molar-refractivity contribution in [3.8, 4) is 0 Å². The molecule has 0 spiro atoms. The highest BCUT2D eigenvalue weighted by molar-refractivity contribution is 8.00. The van der Waals surface area contributed by atoms with Crippen molar-refractivity contribution in [2.24, 2.45) is 0 Å². The van der Waals surface area contributed by atoms with Crippen molar-refractivity contribution in [2.45, 2.75) is 42.0 Å². The van der Waals surface area contributed by atoms with E-state index in [0.717, 1.165) is 6.42 Å². The first kappa shape index (κ1) is 11.5. The quantitative estimate of drug-likeness (QED) is 0.873. The zero-order valence-corrected chi connectivity index (χ0v) is 10.5. The molecule has 1 aromatic carbocycles. The number of hydrogen-bond donors (Lipinski definition) is 1. The van der Waals surface area contributed by atoms with Gasteiger partial charge in [0.25, 0.3) is 0 Å². The monoisotopic (exact) mass is 252 g/mol. The molecule has 0 aromatic heterocycles. The first-order valence-electron chi connectivity index (χ1n) is 5.91. The van der Waals surface area contributed by atoms with E-state index in [2.05, 4.69) is 31.2 Å². The number of aliphatic hydroxyl groups excluding tert-OH is 1. The average Bonchev–Trinajstić information content (AvgIpc) is 2.75. The van der Waals surface area contributed by atoms with Crippen LogP contribution in [0, 0.1) is 6.92 Å². The van der Waals surface area contributed by atoms with Crippen molar-refractivity contribution in [1.82, 2.24) is 0 Å². The van der Waals surface area contributed by atoms with Crippen LogP contribution in [0.15, 0.2) is 29.2 Å². The predicted octanol–water partition coefficient (Wildman–Crippen LogP) is 1.96. The number of rotatable bonds is 2. The Morgan fingerprint density at radius 3 is 2.82 bits per heavy atom. The van der Waals surface area contributed by atoms with Gasteiger partial charge in [0.1, 0.15) is 6.10 Å². The second-order valence-corrected chi connectivity index (χ2v) is 5.96. The zero-order valence-electron chi connectivity index (χ0n) is 9.70. The van der Waals surface area contributed by atoms with Crippen LogP contribution in [0.25, 0.3) is 0 Å². The molecule has 0 amide bonds. The third-order valence-electron chi connectivity index (χ3n) is 3.24. The standard InChI is InChI=1S/C13H16O3S/c1-8-2-4-9(5-3-8)17-12-6-10(14)13-15-7-11(12)16-13/h2-5,10-14H,6-7H2,1H3/t10?,11-,12+,13-/m1/s1. The van der Waals surface area contributed by atoms with Gasteiger partial charge in [0.2, 0.25) is 0 Å². The van der Waals surface area contributed by atoms with Crippen LogP contribution in [-0.2, 0) is 9.47 Å². The molecule has 17 heavy (non-hydrogen) atoms. The fourth-order valence-corrected chi connectivity index (χ4v) is 3.48. The minimum Gasteiger partial charge on any atom is -0.388 e.